The van der Waals surface area contributed by atoms with Gasteiger partial charge in [-0.15, -0.1) is 0 Å². The topological polar surface area (TPSA) is 84.5 Å². The highest BCUT2D eigenvalue weighted by Crippen LogP contribution is 2.19. The predicted octanol–water partition coefficient (Wildman–Crippen LogP) is 3.82. The van der Waals surface area contributed by atoms with Crippen LogP contribution in [0.4, 0.5) is 15.8 Å². The Labute approximate surface area is 168 Å². The number of halogens is 1. The molecule has 29 heavy (non-hydrogen) atoms. The van der Waals surface area contributed by atoms with Gasteiger partial charge in [-0.3, -0.25) is 9.52 Å². The van der Waals surface area contributed by atoms with Gasteiger partial charge in [0.2, 0.25) is 5.91 Å². The number of ether oxygens (including phenoxy) is 1. The first-order valence-electron chi connectivity index (χ1n) is 8.67. The highest BCUT2D eigenvalue weighted by atomic mass is 32.2. The first kappa shape index (κ1) is 20.3. The maximum Gasteiger partial charge on any atom is 0.261 e. The molecule has 2 N–H and O–H groups in total. The number of methoxy groups -OCH3 is 1. The molecule has 150 valence electrons. The minimum atomic E-state index is -3.83. The van der Waals surface area contributed by atoms with E-state index in [4.69, 9.17) is 4.74 Å². The van der Waals surface area contributed by atoms with Gasteiger partial charge < -0.3 is 10.1 Å². The number of benzene rings is 3. The lowest BCUT2D eigenvalue weighted by atomic mass is 10.1. The molecule has 0 aliphatic rings. The van der Waals surface area contributed by atoms with E-state index < -0.39 is 15.8 Å². The van der Waals surface area contributed by atoms with Crippen LogP contribution in [0.15, 0.2) is 77.7 Å². The summed E-state index contributed by atoms with van der Waals surface area (Å²) in [5, 5.41) is 2.76. The smallest absolute Gasteiger partial charge is 0.261 e. The molecule has 3 aromatic carbocycles. The second-order valence-corrected chi connectivity index (χ2v) is 7.89. The normalized spacial score (nSPS) is 11.0. The van der Waals surface area contributed by atoms with E-state index in [2.05, 4.69) is 10.0 Å². The van der Waals surface area contributed by atoms with E-state index in [1.807, 2.05) is 12.1 Å². The lowest BCUT2D eigenvalue weighted by Crippen LogP contribution is -2.15. The summed E-state index contributed by atoms with van der Waals surface area (Å²) < 4.78 is 45.1. The SMILES string of the molecule is COc1ccc(CC(=O)Nc2ccc(NS(=O)(=O)c3ccc(F)cc3)cc2)cc1. The number of carbonyl (C=O) groups is 1. The number of amides is 1. The number of hydrogen-bond acceptors (Lipinski definition) is 4. The van der Waals surface area contributed by atoms with Gasteiger partial charge in [0.15, 0.2) is 0 Å². The minimum absolute atomic E-state index is 0.0456. The Bertz CT molecular complexity index is 1080. The van der Waals surface area contributed by atoms with Gasteiger partial charge in [0.05, 0.1) is 18.4 Å². The molecule has 0 fully saturated rings. The lowest BCUT2D eigenvalue weighted by molar-refractivity contribution is -0.115. The molecule has 0 heterocycles. The quantitative estimate of drug-likeness (QED) is 0.616. The first-order chi connectivity index (χ1) is 13.9. The van der Waals surface area contributed by atoms with Gasteiger partial charge in [-0.05, 0) is 66.2 Å². The van der Waals surface area contributed by atoms with Crippen LogP contribution >= 0.6 is 0 Å². The average Bonchev–Trinajstić information content (AvgIpc) is 2.70. The molecule has 0 radical (unpaired) electrons. The predicted molar refractivity (Wildman–Crippen MR) is 109 cm³/mol. The lowest BCUT2D eigenvalue weighted by Gasteiger charge is -2.10. The van der Waals surface area contributed by atoms with Crippen LogP contribution in [0.25, 0.3) is 0 Å². The fraction of sp³-hybridized carbons (Fsp3) is 0.0952. The van der Waals surface area contributed by atoms with E-state index in [0.29, 0.717) is 17.1 Å². The molecule has 0 atom stereocenters. The largest absolute Gasteiger partial charge is 0.497 e. The van der Waals surface area contributed by atoms with Gasteiger partial charge in [0.25, 0.3) is 10.0 Å². The average molecular weight is 414 g/mol. The fourth-order valence-corrected chi connectivity index (χ4v) is 3.64. The van der Waals surface area contributed by atoms with Crippen molar-refractivity contribution in [3.05, 3.63) is 84.2 Å². The Balaban J connectivity index is 1.60. The standard InChI is InChI=1S/C21H19FN2O4S/c1-28-19-10-2-15(3-11-19)14-21(25)23-17-6-8-18(9-7-17)24-29(26,27)20-12-4-16(22)5-13-20/h2-13,24H,14H2,1H3,(H,23,25). The second-order valence-electron chi connectivity index (χ2n) is 6.21. The molecular weight excluding hydrogens is 395 g/mol. The molecule has 3 aromatic rings. The van der Waals surface area contributed by atoms with Crippen molar-refractivity contribution in [1.29, 1.82) is 0 Å². The molecule has 1 amide bonds. The van der Waals surface area contributed by atoms with Crippen molar-refractivity contribution < 1.29 is 22.3 Å². The van der Waals surface area contributed by atoms with Crippen molar-refractivity contribution in [2.75, 3.05) is 17.1 Å². The summed E-state index contributed by atoms with van der Waals surface area (Å²) in [5.74, 6) is 0.00123. The number of hydrogen-bond donors (Lipinski definition) is 2. The molecular formula is C21H19FN2O4S. The number of sulfonamides is 1. The van der Waals surface area contributed by atoms with Crippen molar-refractivity contribution in [3.8, 4) is 5.75 Å². The van der Waals surface area contributed by atoms with Crippen molar-refractivity contribution in [1.82, 2.24) is 0 Å². The highest BCUT2D eigenvalue weighted by molar-refractivity contribution is 7.92. The Morgan fingerprint density at radius 1 is 0.897 bits per heavy atom. The summed E-state index contributed by atoms with van der Waals surface area (Å²) >= 11 is 0. The molecule has 6 nitrogen and oxygen atoms in total. The van der Waals surface area contributed by atoms with Crippen LogP contribution in [0, 0.1) is 5.82 Å². The van der Waals surface area contributed by atoms with Crippen LogP contribution in [0.2, 0.25) is 0 Å². The second kappa shape index (κ2) is 8.74. The van der Waals surface area contributed by atoms with Crippen LogP contribution in [0.1, 0.15) is 5.56 Å². The maximum absolute atomic E-state index is 13.0. The Morgan fingerprint density at radius 3 is 2.07 bits per heavy atom. The number of anilines is 2. The highest BCUT2D eigenvalue weighted by Gasteiger charge is 2.14. The summed E-state index contributed by atoms with van der Waals surface area (Å²) in [6.45, 7) is 0. The third kappa shape index (κ3) is 5.55. The Kier molecular flexibility index (Phi) is 6.13. The molecule has 3 rings (SSSR count). The van der Waals surface area contributed by atoms with Crippen molar-refractivity contribution in [3.63, 3.8) is 0 Å². The molecule has 0 aliphatic heterocycles. The van der Waals surface area contributed by atoms with Gasteiger partial charge in [-0.1, -0.05) is 12.1 Å². The molecule has 0 aromatic heterocycles. The van der Waals surface area contributed by atoms with Gasteiger partial charge in [0.1, 0.15) is 11.6 Å². The maximum atomic E-state index is 13.0. The number of carbonyl (C=O) groups excluding carboxylic acids is 1. The van der Waals surface area contributed by atoms with E-state index in [1.165, 1.54) is 24.3 Å². The van der Waals surface area contributed by atoms with E-state index >= 15 is 0 Å². The zero-order chi connectivity index (χ0) is 20.9. The molecule has 0 saturated heterocycles. The third-order valence-electron chi connectivity index (χ3n) is 4.07. The summed E-state index contributed by atoms with van der Waals surface area (Å²) in [5.41, 5.74) is 1.70. The fourth-order valence-electron chi connectivity index (χ4n) is 2.58. The van der Waals surface area contributed by atoms with Crippen molar-refractivity contribution in [2.24, 2.45) is 0 Å². The van der Waals surface area contributed by atoms with Gasteiger partial charge in [0, 0.05) is 11.4 Å². The van der Waals surface area contributed by atoms with Crippen LogP contribution in [-0.4, -0.2) is 21.4 Å². The molecule has 0 saturated carbocycles. The van der Waals surface area contributed by atoms with Crippen molar-refractivity contribution >= 4 is 27.3 Å². The monoisotopic (exact) mass is 414 g/mol. The molecule has 0 bridgehead atoms. The summed E-state index contributed by atoms with van der Waals surface area (Å²) in [4.78, 5) is 12.1. The Hall–Kier alpha value is -3.39. The van der Waals surface area contributed by atoms with Crippen molar-refractivity contribution in [2.45, 2.75) is 11.3 Å². The van der Waals surface area contributed by atoms with E-state index in [0.717, 1.165) is 17.7 Å². The van der Waals surface area contributed by atoms with Gasteiger partial charge >= 0.3 is 0 Å². The van der Waals surface area contributed by atoms with Crippen LogP contribution in [0.5, 0.6) is 5.75 Å². The molecule has 0 unspecified atom stereocenters. The molecule has 0 spiro atoms. The first-order valence-corrected chi connectivity index (χ1v) is 10.2. The van der Waals surface area contributed by atoms with Crippen LogP contribution in [0.3, 0.4) is 0 Å². The summed E-state index contributed by atoms with van der Waals surface area (Å²) in [6.07, 6.45) is 0.197. The summed E-state index contributed by atoms with van der Waals surface area (Å²) in [6, 6.07) is 18.0. The van der Waals surface area contributed by atoms with Crippen LogP contribution in [-0.2, 0) is 21.2 Å². The minimum Gasteiger partial charge on any atom is -0.497 e. The molecule has 0 aliphatic carbocycles. The van der Waals surface area contributed by atoms with E-state index in [9.17, 15) is 17.6 Å². The van der Waals surface area contributed by atoms with Gasteiger partial charge in [-0.2, -0.15) is 0 Å². The zero-order valence-electron chi connectivity index (χ0n) is 15.6. The third-order valence-corrected chi connectivity index (χ3v) is 5.47. The molecule has 8 heteroatoms. The zero-order valence-corrected chi connectivity index (χ0v) is 16.4. The van der Waals surface area contributed by atoms with E-state index in [-0.39, 0.29) is 17.2 Å². The van der Waals surface area contributed by atoms with Gasteiger partial charge in [-0.25, -0.2) is 12.8 Å². The van der Waals surface area contributed by atoms with Crippen LogP contribution < -0.4 is 14.8 Å². The Morgan fingerprint density at radius 2 is 1.48 bits per heavy atom. The number of rotatable bonds is 7. The summed E-state index contributed by atoms with van der Waals surface area (Å²) in [7, 11) is -2.25. The van der Waals surface area contributed by atoms with E-state index in [1.54, 1.807) is 31.4 Å². The number of nitrogens with one attached hydrogen (secondary N) is 2.